The molecule has 166 valence electrons. The number of carbonyl (C=O) groups is 1. The molecule has 1 atom stereocenters. The van der Waals surface area contributed by atoms with Gasteiger partial charge < -0.3 is 26.0 Å². The van der Waals surface area contributed by atoms with E-state index in [0.717, 1.165) is 38.2 Å². The summed E-state index contributed by atoms with van der Waals surface area (Å²) < 4.78 is 18.1. The van der Waals surface area contributed by atoms with Crippen LogP contribution in [0, 0.1) is 11.7 Å². The lowest BCUT2D eigenvalue weighted by Crippen LogP contribution is -2.41. The van der Waals surface area contributed by atoms with E-state index in [1.807, 2.05) is 6.92 Å². The van der Waals surface area contributed by atoms with Crippen molar-refractivity contribution in [2.45, 2.75) is 19.8 Å². The summed E-state index contributed by atoms with van der Waals surface area (Å²) in [5, 5.41) is 6.44. The average Bonchev–Trinajstić information content (AvgIpc) is 2.66. The molecule has 0 bridgehead atoms. The smallest absolute Gasteiger partial charge is 0.222 e. The number of nitrogens with two attached hydrogens (primary N) is 1. The summed E-state index contributed by atoms with van der Waals surface area (Å²) in [6, 6.07) is 6.09. The number of primary amides is 1. The minimum absolute atomic E-state index is 0. The number of aliphatic imine (C=N–C) groups is 1. The monoisotopic (exact) mass is 523 g/mol. The molecule has 0 fully saturated rings. The largest absolute Gasteiger partial charge is 0.385 e. The van der Waals surface area contributed by atoms with Crippen LogP contribution >= 0.6 is 24.0 Å². The summed E-state index contributed by atoms with van der Waals surface area (Å²) in [6.45, 7) is 6.28. The molecule has 0 aliphatic heterocycles. The first-order valence-electron chi connectivity index (χ1n) is 9.69. The van der Waals surface area contributed by atoms with Crippen LogP contribution in [-0.2, 0) is 16.0 Å². The predicted octanol–water partition coefficient (Wildman–Crippen LogP) is 1.61. The van der Waals surface area contributed by atoms with Gasteiger partial charge >= 0.3 is 0 Å². The number of carbonyl (C=O) groups excluding carboxylic acids is 1. The third-order valence-electron chi connectivity index (χ3n) is 4.29. The van der Waals surface area contributed by atoms with Crippen molar-refractivity contribution in [3.05, 3.63) is 35.6 Å². The minimum atomic E-state index is -0.447. The number of ether oxygens (including phenoxy) is 1. The Morgan fingerprint density at radius 3 is 2.55 bits per heavy atom. The lowest BCUT2D eigenvalue weighted by molar-refractivity contribution is -0.121. The lowest BCUT2D eigenvalue weighted by atomic mass is 9.99. The van der Waals surface area contributed by atoms with E-state index in [4.69, 9.17) is 10.5 Å². The van der Waals surface area contributed by atoms with E-state index < -0.39 is 11.8 Å². The van der Waals surface area contributed by atoms with Gasteiger partial charge in [-0.2, -0.15) is 0 Å². The minimum Gasteiger partial charge on any atom is -0.385 e. The number of nitrogens with one attached hydrogen (secondary N) is 2. The summed E-state index contributed by atoms with van der Waals surface area (Å²) in [7, 11) is 3.77. The first-order valence-corrected chi connectivity index (χ1v) is 9.69. The van der Waals surface area contributed by atoms with Crippen molar-refractivity contribution >= 4 is 35.8 Å². The van der Waals surface area contributed by atoms with Crippen LogP contribution in [0.4, 0.5) is 4.39 Å². The molecule has 29 heavy (non-hydrogen) atoms. The Hall–Kier alpha value is -1.46. The predicted molar refractivity (Wildman–Crippen MR) is 126 cm³/mol. The maximum atomic E-state index is 13.0. The second kappa shape index (κ2) is 16.3. The molecule has 4 N–H and O–H groups in total. The Kier molecular flexibility index (Phi) is 15.5. The van der Waals surface area contributed by atoms with E-state index in [-0.39, 0.29) is 36.3 Å². The summed E-state index contributed by atoms with van der Waals surface area (Å²) in [6.07, 6.45) is 1.42. The van der Waals surface area contributed by atoms with Gasteiger partial charge in [0.2, 0.25) is 5.91 Å². The highest BCUT2D eigenvalue weighted by Crippen LogP contribution is 2.10. The quantitative estimate of drug-likeness (QED) is 0.158. The van der Waals surface area contributed by atoms with E-state index in [0.29, 0.717) is 18.9 Å². The molecule has 0 aliphatic carbocycles. The third kappa shape index (κ3) is 12.7. The van der Waals surface area contributed by atoms with Gasteiger partial charge in [-0.05, 0) is 44.5 Å². The zero-order valence-electron chi connectivity index (χ0n) is 17.6. The number of halogens is 2. The van der Waals surface area contributed by atoms with Crippen molar-refractivity contribution in [1.29, 1.82) is 0 Å². The number of guanidine groups is 1. The van der Waals surface area contributed by atoms with E-state index >= 15 is 0 Å². The van der Waals surface area contributed by atoms with Gasteiger partial charge in [-0.25, -0.2) is 4.39 Å². The van der Waals surface area contributed by atoms with E-state index in [1.54, 1.807) is 19.2 Å². The topological polar surface area (TPSA) is 92.0 Å². The first-order chi connectivity index (χ1) is 13.5. The van der Waals surface area contributed by atoms with Crippen molar-refractivity contribution < 1.29 is 13.9 Å². The summed E-state index contributed by atoms with van der Waals surface area (Å²) in [5.74, 6) is -0.513. The molecule has 0 aliphatic rings. The molecule has 1 unspecified atom stereocenters. The number of rotatable bonds is 13. The van der Waals surface area contributed by atoms with Gasteiger partial charge in [-0.3, -0.25) is 9.79 Å². The zero-order valence-corrected chi connectivity index (χ0v) is 19.9. The van der Waals surface area contributed by atoms with Gasteiger partial charge in [0, 0.05) is 39.9 Å². The molecule has 1 amide bonds. The summed E-state index contributed by atoms with van der Waals surface area (Å²) >= 11 is 0. The molecule has 0 heterocycles. The Morgan fingerprint density at radius 2 is 1.97 bits per heavy atom. The molecule has 9 heteroatoms. The van der Waals surface area contributed by atoms with Gasteiger partial charge in [0.05, 0.1) is 12.5 Å². The van der Waals surface area contributed by atoms with E-state index in [2.05, 4.69) is 27.6 Å². The van der Waals surface area contributed by atoms with Crippen molar-refractivity contribution in [2.75, 3.05) is 53.5 Å². The van der Waals surface area contributed by atoms with Crippen LogP contribution in [0.25, 0.3) is 0 Å². The fourth-order valence-corrected chi connectivity index (χ4v) is 2.66. The van der Waals surface area contributed by atoms with Gasteiger partial charge in [-0.15, -0.1) is 24.0 Å². The molecular formula is C20H35FIN5O2. The Balaban J connectivity index is 0.00000784. The first kappa shape index (κ1) is 27.5. The zero-order chi connectivity index (χ0) is 20.8. The van der Waals surface area contributed by atoms with Gasteiger partial charge in [0.25, 0.3) is 0 Å². The maximum absolute atomic E-state index is 13.0. The molecule has 0 aromatic heterocycles. The molecule has 1 aromatic carbocycles. The molecule has 0 saturated heterocycles. The molecule has 7 nitrogen and oxygen atoms in total. The fraction of sp³-hybridized carbons (Fsp3) is 0.600. The Morgan fingerprint density at radius 1 is 1.28 bits per heavy atom. The summed E-state index contributed by atoms with van der Waals surface area (Å²) in [5.41, 5.74) is 6.39. The standard InChI is InChI=1S/C20H34FN5O2.HI/c1-4-23-20(24-10-12-26(2)11-5-13-28-3)25-15-17(19(22)27)14-16-6-8-18(21)9-7-16;/h6-9,17H,4-5,10-15H2,1-3H3,(H2,22,27)(H2,23,24,25);1H. The van der Waals surface area contributed by atoms with Crippen molar-refractivity contribution in [3.8, 4) is 0 Å². The van der Waals surface area contributed by atoms with Crippen LogP contribution in [0.5, 0.6) is 0 Å². The maximum Gasteiger partial charge on any atom is 0.222 e. The van der Waals surface area contributed by atoms with Crippen molar-refractivity contribution in [1.82, 2.24) is 15.5 Å². The number of nitrogens with zero attached hydrogens (tertiary/aromatic N) is 2. The second-order valence-corrected chi connectivity index (χ2v) is 6.73. The Bertz CT molecular complexity index is 601. The average molecular weight is 523 g/mol. The molecule has 0 saturated carbocycles. The molecule has 1 rings (SSSR count). The number of likely N-dealkylation sites (N-methyl/N-ethyl adjacent to an activating group) is 1. The SMILES string of the molecule is CCNC(=NCC(Cc1ccc(F)cc1)C(N)=O)NCCN(C)CCCOC.I. The number of benzene rings is 1. The molecular weight excluding hydrogens is 488 g/mol. The van der Waals surface area contributed by atoms with Gasteiger partial charge in [0.1, 0.15) is 5.82 Å². The summed E-state index contributed by atoms with van der Waals surface area (Å²) in [4.78, 5) is 18.5. The highest BCUT2D eigenvalue weighted by Gasteiger charge is 2.16. The van der Waals surface area contributed by atoms with Crippen LogP contribution in [-0.4, -0.2) is 70.3 Å². The van der Waals surface area contributed by atoms with E-state index in [1.165, 1.54) is 12.1 Å². The lowest BCUT2D eigenvalue weighted by Gasteiger charge is -2.18. The van der Waals surface area contributed by atoms with Crippen molar-refractivity contribution in [2.24, 2.45) is 16.6 Å². The van der Waals surface area contributed by atoms with Crippen LogP contribution in [0.3, 0.4) is 0 Å². The molecule has 0 spiro atoms. The van der Waals surface area contributed by atoms with Gasteiger partial charge in [-0.1, -0.05) is 12.1 Å². The van der Waals surface area contributed by atoms with E-state index in [9.17, 15) is 9.18 Å². The van der Waals surface area contributed by atoms with Crippen molar-refractivity contribution in [3.63, 3.8) is 0 Å². The van der Waals surface area contributed by atoms with Gasteiger partial charge in [0.15, 0.2) is 5.96 Å². The number of hydrogen-bond donors (Lipinski definition) is 3. The number of hydrogen-bond acceptors (Lipinski definition) is 4. The van der Waals surface area contributed by atoms with Crippen LogP contribution in [0.1, 0.15) is 18.9 Å². The number of methoxy groups -OCH3 is 1. The second-order valence-electron chi connectivity index (χ2n) is 6.73. The Labute approximate surface area is 190 Å². The fourth-order valence-electron chi connectivity index (χ4n) is 2.66. The van der Waals surface area contributed by atoms with Crippen LogP contribution < -0.4 is 16.4 Å². The van der Waals surface area contributed by atoms with Crippen LogP contribution in [0.15, 0.2) is 29.3 Å². The third-order valence-corrected chi connectivity index (χ3v) is 4.29. The molecule has 0 radical (unpaired) electrons. The highest BCUT2D eigenvalue weighted by molar-refractivity contribution is 14.0. The normalized spacial score (nSPS) is 12.4. The number of amides is 1. The van der Waals surface area contributed by atoms with Crippen LogP contribution in [0.2, 0.25) is 0 Å². The highest BCUT2D eigenvalue weighted by atomic mass is 127. The molecule has 1 aromatic rings.